The van der Waals surface area contributed by atoms with Crippen LogP contribution in [0.4, 0.5) is 4.39 Å². The Morgan fingerprint density at radius 1 is 1.62 bits per heavy atom. The van der Waals surface area contributed by atoms with Crippen molar-refractivity contribution in [1.82, 2.24) is 4.98 Å². The zero-order chi connectivity index (χ0) is 12.0. The van der Waals surface area contributed by atoms with Crippen LogP contribution in [0.25, 0.3) is 0 Å². The summed E-state index contributed by atoms with van der Waals surface area (Å²) in [7, 11) is 0. The van der Waals surface area contributed by atoms with E-state index in [0.717, 1.165) is 0 Å². The molecule has 0 radical (unpaired) electrons. The van der Waals surface area contributed by atoms with Gasteiger partial charge in [0.1, 0.15) is 12.4 Å². The van der Waals surface area contributed by atoms with Crippen LogP contribution in [-0.4, -0.2) is 29.3 Å². The Kier molecular flexibility index (Phi) is 4.85. The Hall–Kier alpha value is -1.49. The third-order valence-electron chi connectivity index (χ3n) is 2.05. The van der Waals surface area contributed by atoms with E-state index in [2.05, 4.69) is 9.72 Å². The molecule has 4 nitrogen and oxygen atoms in total. The molecule has 1 aromatic rings. The van der Waals surface area contributed by atoms with Gasteiger partial charge in [-0.15, -0.1) is 0 Å². The van der Waals surface area contributed by atoms with Crippen LogP contribution in [0.5, 0.6) is 0 Å². The van der Waals surface area contributed by atoms with Crippen molar-refractivity contribution < 1.29 is 19.0 Å². The molecule has 88 valence electrons. The van der Waals surface area contributed by atoms with E-state index in [1.54, 1.807) is 0 Å². The summed E-state index contributed by atoms with van der Waals surface area (Å²) in [5.41, 5.74) is 0.852. The summed E-state index contributed by atoms with van der Waals surface area (Å²) in [6.45, 7) is 1.56. The molecule has 0 aliphatic rings. The number of aromatic nitrogens is 1. The first kappa shape index (κ1) is 12.6. The van der Waals surface area contributed by atoms with Gasteiger partial charge in [0.25, 0.3) is 0 Å². The second-order valence-electron chi connectivity index (χ2n) is 3.24. The number of hydrogen-bond acceptors (Lipinski definition) is 4. The number of aryl methyl sites for hydroxylation is 1. The fourth-order valence-corrected chi connectivity index (χ4v) is 1.21. The van der Waals surface area contributed by atoms with Crippen LogP contribution in [0, 0.1) is 5.82 Å². The first-order valence-corrected chi connectivity index (χ1v) is 5.07. The highest BCUT2D eigenvalue weighted by Gasteiger charge is 2.08. The second-order valence-corrected chi connectivity index (χ2v) is 3.24. The molecular weight excluding hydrogens is 213 g/mol. The number of esters is 1. The first-order valence-electron chi connectivity index (χ1n) is 5.07. The van der Waals surface area contributed by atoms with Gasteiger partial charge in [-0.2, -0.15) is 0 Å². The Morgan fingerprint density at radius 3 is 2.94 bits per heavy atom. The lowest BCUT2D eigenvalue weighted by Gasteiger charge is -2.04. The molecule has 0 amide bonds. The van der Waals surface area contributed by atoms with Gasteiger partial charge in [0.15, 0.2) is 0 Å². The number of aliphatic hydroxyl groups excluding tert-OH is 1. The van der Waals surface area contributed by atoms with Crippen LogP contribution in [0.1, 0.15) is 18.2 Å². The Labute approximate surface area is 93.1 Å². The van der Waals surface area contributed by atoms with Crippen molar-refractivity contribution in [3.8, 4) is 0 Å². The average Bonchev–Trinajstić information content (AvgIpc) is 2.26. The molecule has 0 aliphatic heterocycles. The largest absolute Gasteiger partial charge is 0.463 e. The van der Waals surface area contributed by atoms with E-state index in [4.69, 9.17) is 5.11 Å². The van der Waals surface area contributed by atoms with E-state index in [9.17, 15) is 9.18 Å². The van der Waals surface area contributed by atoms with Gasteiger partial charge in [-0.3, -0.25) is 9.78 Å². The van der Waals surface area contributed by atoms with Crippen molar-refractivity contribution in [2.45, 2.75) is 19.8 Å². The quantitative estimate of drug-likeness (QED) is 0.758. The summed E-state index contributed by atoms with van der Waals surface area (Å²) < 4.78 is 18.0. The van der Waals surface area contributed by atoms with Crippen molar-refractivity contribution in [3.05, 3.63) is 29.3 Å². The molecule has 1 rings (SSSR count). The zero-order valence-electron chi connectivity index (χ0n) is 9.07. The number of rotatable bonds is 5. The first-order chi connectivity index (χ1) is 7.67. The minimum absolute atomic E-state index is 0.0473. The monoisotopic (exact) mass is 227 g/mol. The predicted molar refractivity (Wildman–Crippen MR) is 55.3 cm³/mol. The van der Waals surface area contributed by atoms with Crippen LogP contribution in [0.3, 0.4) is 0 Å². The number of aliphatic hydroxyl groups is 1. The van der Waals surface area contributed by atoms with Gasteiger partial charge in [-0.05, 0) is 12.5 Å². The lowest BCUT2D eigenvalue weighted by Crippen LogP contribution is -2.12. The molecule has 0 unspecified atom stereocenters. The van der Waals surface area contributed by atoms with Gasteiger partial charge in [-0.1, -0.05) is 6.92 Å². The number of nitrogens with zero attached hydrogens (tertiary/aromatic N) is 1. The summed E-state index contributed by atoms with van der Waals surface area (Å²) in [5.74, 6) is -0.882. The summed E-state index contributed by atoms with van der Waals surface area (Å²) in [5, 5.41) is 8.44. The molecule has 0 atom stereocenters. The highest BCUT2D eigenvalue weighted by Crippen LogP contribution is 2.08. The lowest BCUT2D eigenvalue weighted by atomic mass is 10.2. The summed E-state index contributed by atoms with van der Waals surface area (Å²) in [6.07, 6.45) is 1.90. The Morgan fingerprint density at radius 2 is 2.38 bits per heavy atom. The van der Waals surface area contributed by atoms with E-state index in [1.807, 2.05) is 6.92 Å². The summed E-state index contributed by atoms with van der Waals surface area (Å²) in [6, 6.07) is 1.24. The third-order valence-corrected chi connectivity index (χ3v) is 2.05. The number of carbonyl (C=O) groups excluding carboxylic acids is 1. The van der Waals surface area contributed by atoms with Gasteiger partial charge >= 0.3 is 5.97 Å². The van der Waals surface area contributed by atoms with Crippen LogP contribution < -0.4 is 0 Å². The second kappa shape index (κ2) is 6.17. The van der Waals surface area contributed by atoms with Crippen LogP contribution in [0.2, 0.25) is 0 Å². The molecule has 5 heteroatoms. The highest BCUT2D eigenvalue weighted by molar-refractivity contribution is 5.71. The van der Waals surface area contributed by atoms with Gasteiger partial charge in [-0.25, -0.2) is 4.39 Å². The highest BCUT2D eigenvalue weighted by atomic mass is 19.1. The molecule has 1 aromatic heterocycles. The molecule has 0 saturated heterocycles. The number of halogens is 1. The van der Waals surface area contributed by atoms with Crippen molar-refractivity contribution >= 4 is 5.97 Å². The van der Waals surface area contributed by atoms with E-state index < -0.39 is 5.97 Å². The van der Waals surface area contributed by atoms with Crippen molar-refractivity contribution in [2.75, 3.05) is 13.2 Å². The number of ether oxygens (including phenoxy) is 1. The minimum atomic E-state index is -0.523. The topological polar surface area (TPSA) is 59.4 Å². The fourth-order valence-electron chi connectivity index (χ4n) is 1.21. The normalized spacial score (nSPS) is 10.2. The van der Waals surface area contributed by atoms with Crippen LogP contribution in [0.15, 0.2) is 12.3 Å². The molecule has 0 aromatic carbocycles. The van der Waals surface area contributed by atoms with Gasteiger partial charge in [0.05, 0.1) is 18.7 Å². The van der Waals surface area contributed by atoms with Gasteiger partial charge in [0, 0.05) is 11.8 Å². The Bertz CT molecular complexity index is 368. The standard InChI is InChI=1S/C11H14FNO3/c1-2-8-7-13-9(5-10(8)12)6-11(15)16-4-3-14/h5,7,14H,2-4,6H2,1H3. The molecule has 0 saturated carbocycles. The number of pyridine rings is 1. The molecule has 1 heterocycles. The maximum absolute atomic E-state index is 13.3. The summed E-state index contributed by atoms with van der Waals surface area (Å²) >= 11 is 0. The van der Waals surface area contributed by atoms with E-state index >= 15 is 0 Å². The maximum Gasteiger partial charge on any atom is 0.311 e. The molecule has 0 aliphatic carbocycles. The zero-order valence-corrected chi connectivity index (χ0v) is 9.07. The van der Waals surface area contributed by atoms with E-state index in [-0.39, 0.29) is 25.5 Å². The fraction of sp³-hybridized carbons (Fsp3) is 0.455. The predicted octanol–water partition coefficient (Wildman–Crippen LogP) is 0.861. The summed E-state index contributed by atoms with van der Waals surface area (Å²) in [4.78, 5) is 15.1. The number of hydrogen-bond donors (Lipinski definition) is 1. The van der Waals surface area contributed by atoms with Gasteiger partial charge < -0.3 is 9.84 Å². The lowest BCUT2D eigenvalue weighted by molar-refractivity contribution is -0.143. The smallest absolute Gasteiger partial charge is 0.311 e. The maximum atomic E-state index is 13.3. The van der Waals surface area contributed by atoms with Crippen molar-refractivity contribution in [3.63, 3.8) is 0 Å². The van der Waals surface area contributed by atoms with Crippen LogP contribution >= 0.6 is 0 Å². The minimum Gasteiger partial charge on any atom is -0.463 e. The molecule has 1 N–H and O–H groups in total. The Balaban J connectivity index is 2.61. The molecule has 0 fully saturated rings. The molecule has 0 spiro atoms. The molecular formula is C11H14FNO3. The number of carbonyl (C=O) groups is 1. The third kappa shape index (κ3) is 3.58. The van der Waals surface area contributed by atoms with Crippen LogP contribution in [-0.2, 0) is 22.4 Å². The van der Waals surface area contributed by atoms with Gasteiger partial charge in [0.2, 0.25) is 0 Å². The molecule has 0 bridgehead atoms. The average molecular weight is 227 g/mol. The van der Waals surface area contributed by atoms with E-state index in [0.29, 0.717) is 17.7 Å². The SMILES string of the molecule is CCc1cnc(CC(=O)OCCO)cc1F. The van der Waals surface area contributed by atoms with Crippen molar-refractivity contribution in [2.24, 2.45) is 0 Å². The van der Waals surface area contributed by atoms with E-state index in [1.165, 1.54) is 12.3 Å². The molecule has 16 heavy (non-hydrogen) atoms. The van der Waals surface area contributed by atoms with Crippen molar-refractivity contribution in [1.29, 1.82) is 0 Å².